The van der Waals surface area contributed by atoms with Crippen LogP contribution in [0.15, 0.2) is 48.5 Å². The van der Waals surface area contributed by atoms with Gasteiger partial charge in [-0.25, -0.2) is 0 Å². The van der Waals surface area contributed by atoms with Crippen LogP contribution in [0.25, 0.3) is 0 Å². The molecule has 0 unspecified atom stereocenters. The molecule has 2 aromatic rings. The summed E-state index contributed by atoms with van der Waals surface area (Å²) in [6.45, 7) is 8.20. The number of aliphatic hydroxyl groups excluding tert-OH is 2. The first kappa shape index (κ1) is 22.2. The average Bonchev–Trinajstić information content (AvgIpc) is 2.66. The molecule has 0 fully saturated rings. The third-order valence-electron chi connectivity index (χ3n) is 4.56. The van der Waals surface area contributed by atoms with Crippen molar-refractivity contribution in [2.75, 3.05) is 33.4 Å². The molecule has 0 saturated heterocycles. The van der Waals surface area contributed by atoms with Crippen molar-refractivity contribution >= 4 is 0 Å². The lowest BCUT2D eigenvalue weighted by molar-refractivity contribution is 0.0584. The van der Waals surface area contributed by atoms with Crippen molar-refractivity contribution in [1.82, 2.24) is 4.90 Å². The van der Waals surface area contributed by atoms with Gasteiger partial charge in [0.05, 0.1) is 13.7 Å². The van der Waals surface area contributed by atoms with Crippen LogP contribution in [-0.4, -0.2) is 54.6 Å². The predicted octanol–water partition coefficient (Wildman–Crippen LogP) is 3.23. The molecule has 5 heteroatoms. The standard InChI is InChI=1S/C23H33NO4/c1-23(2,3)21-14-20(27-4)10-11-22(21)28-17-19(26)16-24(12-13-25)15-18-8-6-5-7-9-18/h5-11,14,19,25-26H,12-13,15-17H2,1-4H3/t19-/m0/s1. The average molecular weight is 388 g/mol. The van der Waals surface area contributed by atoms with Crippen molar-refractivity contribution in [2.45, 2.75) is 38.8 Å². The van der Waals surface area contributed by atoms with E-state index in [1.54, 1.807) is 7.11 Å². The van der Waals surface area contributed by atoms with E-state index < -0.39 is 6.10 Å². The summed E-state index contributed by atoms with van der Waals surface area (Å²) in [7, 11) is 1.65. The molecule has 0 aromatic heterocycles. The number of hydrogen-bond donors (Lipinski definition) is 2. The second-order valence-electron chi connectivity index (χ2n) is 8.02. The van der Waals surface area contributed by atoms with Gasteiger partial charge in [-0.3, -0.25) is 4.90 Å². The van der Waals surface area contributed by atoms with Gasteiger partial charge in [0.1, 0.15) is 24.2 Å². The molecule has 0 amide bonds. The van der Waals surface area contributed by atoms with Crippen LogP contribution in [0.5, 0.6) is 11.5 Å². The minimum absolute atomic E-state index is 0.0487. The van der Waals surface area contributed by atoms with Gasteiger partial charge in [-0.2, -0.15) is 0 Å². The molecule has 5 nitrogen and oxygen atoms in total. The Bertz CT molecular complexity index is 712. The van der Waals surface area contributed by atoms with Crippen molar-refractivity contribution < 1.29 is 19.7 Å². The first-order chi connectivity index (χ1) is 13.3. The summed E-state index contributed by atoms with van der Waals surface area (Å²) in [6.07, 6.45) is -0.662. The molecule has 2 N–H and O–H groups in total. The van der Waals surface area contributed by atoms with Crippen molar-refractivity contribution in [2.24, 2.45) is 0 Å². The van der Waals surface area contributed by atoms with E-state index in [1.807, 2.05) is 53.4 Å². The Kier molecular flexibility index (Phi) is 8.30. The molecule has 2 aromatic carbocycles. The summed E-state index contributed by atoms with van der Waals surface area (Å²) in [6, 6.07) is 15.8. The van der Waals surface area contributed by atoms with E-state index in [9.17, 15) is 10.2 Å². The number of hydrogen-bond acceptors (Lipinski definition) is 5. The van der Waals surface area contributed by atoms with Crippen LogP contribution >= 0.6 is 0 Å². The fourth-order valence-electron chi connectivity index (χ4n) is 3.10. The van der Waals surface area contributed by atoms with Gasteiger partial charge in [0, 0.05) is 25.2 Å². The molecule has 0 bridgehead atoms. The highest BCUT2D eigenvalue weighted by molar-refractivity contribution is 5.44. The summed E-state index contributed by atoms with van der Waals surface area (Å²) in [5.41, 5.74) is 2.08. The van der Waals surface area contributed by atoms with Crippen LogP contribution in [-0.2, 0) is 12.0 Å². The van der Waals surface area contributed by atoms with E-state index in [0.29, 0.717) is 19.6 Å². The third-order valence-corrected chi connectivity index (χ3v) is 4.56. The summed E-state index contributed by atoms with van der Waals surface area (Å²) < 4.78 is 11.3. The lowest BCUT2D eigenvalue weighted by Crippen LogP contribution is -2.37. The fourth-order valence-corrected chi connectivity index (χ4v) is 3.10. The first-order valence-electron chi connectivity index (χ1n) is 9.70. The lowest BCUT2D eigenvalue weighted by atomic mass is 9.86. The van der Waals surface area contributed by atoms with E-state index in [1.165, 1.54) is 0 Å². The maximum atomic E-state index is 10.5. The maximum Gasteiger partial charge on any atom is 0.123 e. The zero-order valence-corrected chi connectivity index (χ0v) is 17.4. The Morgan fingerprint density at radius 2 is 1.79 bits per heavy atom. The second kappa shape index (κ2) is 10.5. The van der Waals surface area contributed by atoms with Gasteiger partial charge in [-0.1, -0.05) is 51.1 Å². The number of methoxy groups -OCH3 is 1. The minimum Gasteiger partial charge on any atom is -0.497 e. The van der Waals surface area contributed by atoms with E-state index in [-0.39, 0.29) is 18.6 Å². The minimum atomic E-state index is -0.662. The SMILES string of the molecule is COc1ccc(OC[C@@H](O)CN(CCO)Cc2ccccc2)c(C(C)(C)C)c1. The van der Waals surface area contributed by atoms with Gasteiger partial charge in [-0.15, -0.1) is 0 Å². The molecule has 1 atom stereocenters. The first-order valence-corrected chi connectivity index (χ1v) is 9.70. The molecule has 2 rings (SSSR count). The van der Waals surface area contributed by atoms with Crippen LogP contribution in [0.1, 0.15) is 31.9 Å². The van der Waals surface area contributed by atoms with Crippen molar-refractivity contribution in [3.8, 4) is 11.5 Å². The van der Waals surface area contributed by atoms with Crippen LogP contribution < -0.4 is 9.47 Å². The number of ether oxygens (including phenoxy) is 2. The van der Waals surface area contributed by atoms with E-state index in [4.69, 9.17) is 9.47 Å². The largest absolute Gasteiger partial charge is 0.497 e. The fraction of sp³-hybridized carbons (Fsp3) is 0.478. The van der Waals surface area contributed by atoms with Gasteiger partial charge in [0.15, 0.2) is 0 Å². The lowest BCUT2D eigenvalue weighted by Gasteiger charge is -2.26. The second-order valence-corrected chi connectivity index (χ2v) is 8.02. The van der Waals surface area contributed by atoms with Crippen molar-refractivity contribution in [3.05, 3.63) is 59.7 Å². The van der Waals surface area contributed by atoms with Gasteiger partial charge in [0.25, 0.3) is 0 Å². The summed E-state index contributed by atoms with van der Waals surface area (Å²) in [5.74, 6) is 1.54. The highest BCUT2D eigenvalue weighted by atomic mass is 16.5. The zero-order chi connectivity index (χ0) is 20.6. The van der Waals surface area contributed by atoms with Crippen LogP contribution in [0.2, 0.25) is 0 Å². The molecule has 0 radical (unpaired) electrons. The van der Waals surface area contributed by atoms with E-state index >= 15 is 0 Å². The van der Waals surface area contributed by atoms with Crippen LogP contribution in [0.4, 0.5) is 0 Å². The Morgan fingerprint density at radius 1 is 1.07 bits per heavy atom. The molecular formula is C23H33NO4. The highest BCUT2D eigenvalue weighted by Crippen LogP contribution is 2.34. The number of rotatable bonds is 10. The number of nitrogens with zero attached hydrogens (tertiary/aromatic N) is 1. The Hall–Kier alpha value is -2.08. The molecule has 0 heterocycles. The zero-order valence-electron chi connectivity index (χ0n) is 17.4. The molecule has 154 valence electrons. The Morgan fingerprint density at radius 3 is 2.39 bits per heavy atom. The Balaban J connectivity index is 1.99. The molecule has 0 aliphatic carbocycles. The van der Waals surface area contributed by atoms with Crippen LogP contribution in [0, 0.1) is 0 Å². The quantitative estimate of drug-likeness (QED) is 0.655. The predicted molar refractivity (Wildman–Crippen MR) is 112 cm³/mol. The highest BCUT2D eigenvalue weighted by Gasteiger charge is 2.21. The topological polar surface area (TPSA) is 62.2 Å². The van der Waals surface area contributed by atoms with Crippen LogP contribution in [0.3, 0.4) is 0 Å². The smallest absolute Gasteiger partial charge is 0.123 e. The summed E-state index contributed by atoms with van der Waals surface area (Å²) >= 11 is 0. The number of aliphatic hydroxyl groups is 2. The maximum absolute atomic E-state index is 10.5. The molecular weight excluding hydrogens is 354 g/mol. The number of benzene rings is 2. The molecule has 0 aliphatic rings. The molecule has 0 saturated carbocycles. The Labute approximate surface area is 168 Å². The molecule has 0 aliphatic heterocycles. The van der Waals surface area contributed by atoms with Crippen molar-refractivity contribution in [3.63, 3.8) is 0 Å². The van der Waals surface area contributed by atoms with E-state index in [2.05, 4.69) is 20.8 Å². The van der Waals surface area contributed by atoms with Crippen molar-refractivity contribution in [1.29, 1.82) is 0 Å². The summed E-state index contributed by atoms with van der Waals surface area (Å²) in [5, 5.41) is 19.9. The van der Waals surface area contributed by atoms with Gasteiger partial charge in [-0.05, 0) is 29.2 Å². The third kappa shape index (κ3) is 6.82. The van der Waals surface area contributed by atoms with Gasteiger partial charge < -0.3 is 19.7 Å². The van der Waals surface area contributed by atoms with Gasteiger partial charge >= 0.3 is 0 Å². The van der Waals surface area contributed by atoms with Gasteiger partial charge in [0.2, 0.25) is 0 Å². The summed E-state index contributed by atoms with van der Waals surface area (Å²) in [4.78, 5) is 2.03. The normalized spacial score (nSPS) is 12.8. The molecule has 28 heavy (non-hydrogen) atoms. The monoisotopic (exact) mass is 387 g/mol. The van der Waals surface area contributed by atoms with E-state index in [0.717, 1.165) is 22.6 Å². The molecule has 0 spiro atoms.